The summed E-state index contributed by atoms with van der Waals surface area (Å²) in [6.07, 6.45) is 0. The fourth-order valence-electron chi connectivity index (χ4n) is 0.618. The van der Waals surface area contributed by atoms with E-state index in [-0.39, 0.29) is 17.8 Å². The van der Waals surface area contributed by atoms with Crippen molar-refractivity contribution in [3.05, 3.63) is 0 Å². The molecule has 0 aliphatic carbocycles. The summed E-state index contributed by atoms with van der Waals surface area (Å²) in [7, 11) is -1.70. The molecular weight excluding hydrogens is 270 g/mol. The lowest BCUT2D eigenvalue weighted by atomic mass is 9.98. The number of nitrogens with one attached hydrogen (secondary N) is 1. The molecule has 14 heavy (non-hydrogen) atoms. The Morgan fingerprint density at radius 2 is 2.00 bits per heavy atom. The molecule has 0 amide bonds. The maximum Gasteiger partial charge on any atom is 0.213 e. The lowest BCUT2D eigenvalue weighted by Gasteiger charge is -2.21. The van der Waals surface area contributed by atoms with Crippen LogP contribution in [-0.2, 0) is 14.8 Å². The Bertz CT molecular complexity index is 251. The summed E-state index contributed by atoms with van der Waals surface area (Å²) in [5, 5.41) is 0.757. The van der Waals surface area contributed by atoms with Crippen molar-refractivity contribution in [2.45, 2.75) is 13.8 Å². The van der Waals surface area contributed by atoms with Gasteiger partial charge in [-0.05, 0) is 5.41 Å². The minimum absolute atomic E-state index is 0.0157. The minimum atomic E-state index is -3.18. The van der Waals surface area contributed by atoms with Crippen LogP contribution in [0.25, 0.3) is 0 Å². The summed E-state index contributed by atoms with van der Waals surface area (Å²) in [6, 6.07) is 0. The molecule has 0 saturated carbocycles. The van der Waals surface area contributed by atoms with Gasteiger partial charge in [-0.3, -0.25) is 0 Å². The molecule has 86 valence electrons. The number of hydrogen-bond acceptors (Lipinski definition) is 3. The largest absolute Gasteiger partial charge is 0.384 e. The maximum atomic E-state index is 11.3. The van der Waals surface area contributed by atoms with E-state index in [1.807, 2.05) is 13.8 Å². The van der Waals surface area contributed by atoms with Crippen LogP contribution < -0.4 is 4.72 Å². The molecule has 6 heteroatoms. The van der Waals surface area contributed by atoms with E-state index in [1.54, 1.807) is 0 Å². The Morgan fingerprint density at radius 1 is 1.43 bits per heavy atom. The minimum Gasteiger partial charge on any atom is -0.384 e. The molecule has 0 atom stereocenters. The van der Waals surface area contributed by atoms with Crippen LogP contribution >= 0.6 is 15.9 Å². The standard InChI is InChI=1S/C8H18BrNO3S/c1-8(2,6-9)7-10-14(11,12)5-4-13-3/h10H,4-7H2,1-3H3. The third-order valence-corrected chi connectivity index (χ3v) is 4.49. The SMILES string of the molecule is COCCS(=O)(=O)NCC(C)(C)CBr. The number of methoxy groups -OCH3 is 1. The molecule has 0 rings (SSSR count). The Hall–Kier alpha value is 0.350. The summed E-state index contributed by atoms with van der Waals surface area (Å²) in [5.41, 5.74) is -0.0693. The molecule has 1 N–H and O–H groups in total. The van der Waals surface area contributed by atoms with E-state index < -0.39 is 10.0 Å². The average Bonchev–Trinajstić information content (AvgIpc) is 2.12. The highest BCUT2D eigenvalue weighted by atomic mass is 79.9. The van der Waals surface area contributed by atoms with Crippen LogP contribution in [0.5, 0.6) is 0 Å². The molecule has 0 radical (unpaired) electrons. The molecule has 0 aromatic carbocycles. The second-order valence-corrected chi connectivity index (χ2v) is 6.42. The molecule has 0 spiro atoms. The van der Waals surface area contributed by atoms with Gasteiger partial charge in [-0.1, -0.05) is 29.8 Å². The van der Waals surface area contributed by atoms with Crippen molar-refractivity contribution in [1.82, 2.24) is 4.72 Å². The van der Waals surface area contributed by atoms with Crippen LogP contribution in [0, 0.1) is 5.41 Å². The predicted molar refractivity (Wildman–Crippen MR) is 61.2 cm³/mol. The van der Waals surface area contributed by atoms with Gasteiger partial charge in [-0.15, -0.1) is 0 Å². The van der Waals surface area contributed by atoms with E-state index in [4.69, 9.17) is 4.74 Å². The lowest BCUT2D eigenvalue weighted by molar-refractivity contribution is 0.216. The zero-order valence-electron chi connectivity index (χ0n) is 8.84. The highest BCUT2D eigenvalue weighted by Crippen LogP contribution is 2.16. The van der Waals surface area contributed by atoms with Crippen molar-refractivity contribution < 1.29 is 13.2 Å². The van der Waals surface area contributed by atoms with Crippen molar-refractivity contribution in [3.8, 4) is 0 Å². The summed E-state index contributed by atoms with van der Waals surface area (Å²) in [4.78, 5) is 0. The number of rotatable bonds is 7. The van der Waals surface area contributed by atoms with Gasteiger partial charge in [0.2, 0.25) is 10.0 Å². The number of ether oxygens (including phenoxy) is 1. The van der Waals surface area contributed by atoms with Gasteiger partial charge in [0.1, 0.15) is 0 Å². The van der Waals surface area contributed by atoms with E-state index in [1.165, 1.54) is 7.11 Å². The molecule has 4 nitrogen and oxygen atoms in total. The van der Waals surface area contributed by atoms with Crippen LogP contribution in [0.1, 0.15) is 13.8 Å². The average molecular weight is 288 g/mol. The quantitative estimate of drug-likeness (QED) is 0.710. The molecular formula is C8H18BrNO3S. The van der Waals surface area contributed by atoms with Gasteiger partial charge in [0.05, 0.1) is 12.4 Å². The fourth-order valence-corrected chi connectivity index (χ4v) is 1.96. The van der Waals surface area contributed by atoms with Gasteiger partial charge in [0, 0.05) is 19.0 Å². The second-order valence-electron chi connectivity index (χ2n) is 3.93. The molecule has 0 fully saturated rings. The molecule has 0 heterocycles. The fraction of sp³-hybridized carbons (Fsp3) is 1.00. The van der Waals surface area contributed by atoms with Gasteiger partial charge in [-0.2, -0.15) is 0 Å². The van der Waals surface area contributed by atoms with Crippen molar-refractivity contribution in [3.63, 3.8) is 0 Å². The van der Waals surface area contributed by atoms with Crippen LogP contribution in [0.2, 0.25) is 0 Å². The van der Waals surface area contributed by atoms with E-state index in [2.05, 4.69) is 20.7 Å². The van der Waals surface area contributed by atoms with Crippen LogP contribution in [-0.4, -0.2) is 39.8 Å². The molecule has 0 aromatic heterocycles. The molecule has 0 aromatic rings. The molecule has 0 unspecified atom stereocenters. The zero-order valence-corrected chi connectivity index (χ0v) is 11.2. The van der Waals surface area contributed by atoms with Crippen molar-refractivity contribution in [1.29, 1.82) is 0 Å². The first-order chi connectivity index (χ1) is 6.33. The van der Waals surface area contributed by atoms with Gasteiger partial charge in [0.15, 0.2) is 0 Å². The zero-order chi connectivity index (χ0) is 11.2. The number of sulfonamides is 1. The highest BCUT2D eigenvalue weighted by Gasteiger charge is 2.19. The van der Waals surface area contributed by atoms with Crippen LogP contribution in [0.3, 0.4) is 0 Å². The first-order valence-corrected chi connectivity index (χ1v) is 7.12. The number of halogens is 1. The Balaban J connectivity index is 4.00. The van der Waals surface area contributed by atoms with E-state index in [0.717, 1.165) is 5.33 Å². The smallest absolute Gasteiger partial charge is 0.213 e. The monoisotopic (exact) mass is 287 g/mol. The highest BCUT2D eigenvalue weighted by molar-refractivity contribution is 9.09. The first kappa shape index (κ1) is 14.3. The Morgan fingerprint density at radius 3 is 2.43 bits per heavy atom. The summed E-state index contributed by atoms with van der Waals surface area (Å²) < 4.78 is 29.9. The Labute approximate surface area is 94.6 Å². The van der Waals surface area contributed by atoms with E-state index in [0.29, 0.717) is 6.54 Å². The van der Waals surface area contributed by atoms with Crippen molar-refractivity contribution >= 4 is 26.0 Å². The summed E-state index contributed by atoms with van der Waals surface area (Å²) in [5.74, 6) is 0.0157. The van der Waals surface area contributed by atoms with E-state index >= 15 is 0 Å². The Kier molecular flexibility index (Phi) is 6.20. The molecule has 0 aliphatic rings. The maximum absolute atomic E-state index is 11.3. The van der Waals surface area contributed by atoms with Gasteiger partial charge in [0.25, 0.3) is 0 Å². The van der Waals surface area contributed by atoms with E-state index in [9.17, 15) is 8.42 Å². The molecule has 0 bridgehead atoms. The summed E-state index contributed by atoms with van der Waals surface area (Å²) >= 11 is 3.33. The number of alkyl halides is 1. The van der Waals surface area contributed by atoms with Crippen LogP contribution in [0.4, 0.5) is 0 Å². The molecule has 0 saturated heterocycles. The van der Waals surface area contributed by atoms with Gasteiger partial charge < -0.3 is 4.74 Å². The van der Waals surface area contributed by atoms with Gasteiger partial charge >= 0.3 is 0 Å². The van der Waals surface area contributed by atoms with Crippen molar-refractivity contribution in [2.75, 3.05) is 31.3 Å². The topological polar surface area (TPSA) is 55.4 Å². The number of hydrogen-bond donors (Lipinski definition) is 1. The lowest BCUT2D eigenvalue weighted by Crippen LogP contribution is -2.36. The third kappa shape index (κ3) is 6.75. The van der Waals surface area contributed by atoms with Crippen molar-refractivity contribution in [2.24, 2.45) is 5.41 Å². The molecule has 0 aliphatic heterocycles. The predicted octanol–water partition coefficient (Wildman–Crippen LogP) is 0.973. The third-order valence-electron chi connectivity index (χ3n) is 1.69. The van der Waals surface area contributed by atoms with Crippen LogP contribution in [0.15, 0.2) is 0 Å². The van der Waals surface area contributed by atoms with Gasteiger partial charge in [-0.25, -0.2) is 13.1 Å². The normalized spacial score (nSPS) is 13.1. The first-order valence-electron chi connectivity index (χ1n) is 4.35. The second kappa shape index (κ2) is 6.05. The summed E-state index contributed by atoms with van der Waals surface area (Å²) in [6.45, 7) is 4.63.